The van der Waals surface area contributed by atoms with Crippen molar-refractivity contribution < 1.29 is 12.6 Å². The van der Waals surface area contributed by atoms with E-state index in [2.05, 4.69) is 5.92 Å². The molecule has 3 nitrogen and oxygen atoms in total. The molecule has 0 atom stereocenters. The Labute approximate surface area is 131 Å². The summed E-state index contributed by atoms with van der Waals surface area (Å²) in [6, 6.07) is 12.2. The second-order valence-corrected chi connectivity index (χ2v) is 6.34. The summed E-state index contributed by atoms with van der Waals surface area (Å²) in [4.78, 5) is 0. The molecular weight excluding hydrogens is 296 g/mol. The maximum atomic E-state index is 12.0. The highest BCUT2D eigenvalue weighted by atomic mass is 32.2. The Hall–Kier alpha value is -2.51. The largest absolute Gasteiger partial charge is 0.379 e. The predicted molar refractivity (Wildman–Crippen MR) is 88.9 cm³/mol. The van der Waals surface area contributed by atoms with E-state index in [9.17, 15) is 8.42 Å². The summed E-state index contributed by atoms with van der Waals surface area (Å²) in [6.07, 6.45) is 6.80. The van der Waals surface area contributed by atoms with Crippen molar-refractivity contribution >= 4 is 16.2 Å². The van der Waals surface area contributed by atoms with Gasteiger partial charge in [0, 0.05) is 5.56 Å². The molecule has 2 aromatic rings. The van der Waals surface area contributed by atoms with Gasteiger partial charge in [0.25, 0.3) is 0 Å². The molecule has 0 unspecified atom stereocenters. The summed E-state index contributed by atoms with van der Waals surface area (Å²) in [5.41, 5.74) is 3.52. The van der Waals surface area contributed by atoms with E-state index >= 15 is 0 Å². The molecule has 4 heteroatoms. The van der Waals surface area contributed by atoms with Crippen LogP contribution in [0.2, 0.25) is 0 Å². The van der Waals surface area contributed by atoms with Crippen LogP contribution >= 0.6 is 0 Å². The van der Waals surface area contributed by atoms with E-state index in [1.54, 1.807) is 18.2 Å². The Kier molecular flexibility index (Phi) is 4.69. The zero-order chi connectivity index (χ0) is 16.2. The fourth-order valence-corrected chi connectivity index (χ4v) is 2.71. The lowest BCUT2D eigenvalue weighted by Gasteiger charge is -2.04. The summed E-state index contributed by atoms with van der Waals surface area (Å²) in [5.74, 6) is 2.63. The van der Waals surface area contributed by atoms with Crippen molar-refractivity contribution in [2.45, 2.75) is 13.8 Å². The lowest BCUT2D eigenvalue weighted by atomic mass is 10.1. The van der Waals surface area contributed by atoms with Crippen LogP contribution in [-0.4, -0.2) is 8.42 Å². The van der Waals surface area contributed by atoms with Crippen molar-refractivity contribution in [3.05, 3.63) is 70.1 Å². The monoisotopic (exact) mass is 312 g/mol. The second kappa shape index (κ2) is 6.50. The van der Waals surface area contributed by atoms with E-state index in [0.29, 0.717) is 5.56 Å². The van der Waals surface area contributed by atoms with E-state index in [4.69, 9.17) is 10.6 Å². The first-order chi connectivity index (χ1) is 10.4. The first kappa shape index (κ1) is 15.9. The maximum absolute atomic E-state index is 12.0. The van der Waals surface area contributed by atoms with Crippen LogP contribution in [0.25, 0.3) is 6.08 Å². The SMILES string of the molecule is C#Cc1cccc(OS(=O)(=O)/C=C/c2ccc(C)cc2C)c1. The Balaban J connectivity index is 2.20. The molecule has 0 radical (unpaired) electrons. The van der Waals surface area contributed by atoms with Crippen LogP contribution in [0, 0.1) is 26.2 Å². The minimum atomic E-state index is -3.83. The molecule has 0 saturated heterocycles. The minimum Gasteiger partial charge on any atom is -0.379 e. The van der Waals surface area contributed by atoms with E-state index in [1.807, 2.05) is 32.0 Å². The van der Waals surface area contributed by atoms with Gasteiger partial charge >= 0.3 is 10.1 Å². The second-order valence-electron chi connectivity index (χ2n) is 4.91. The Bertz CT molecular complexity index is 856. The first-order valence-electron chi connectivity index (χ1n) is 6.66. The third kappa shape index (κ3) is 4.24. The van der Waals surface area contributed by atoms with Crippen molar-refractivity contribution in [1.82, 2.24) is 0 Å². The zero-order valence-corrected chi connectivity index (χ0v) is 13.2. The normalized spacial score (nSPS) is 11.3. The van der Waals surface area contributed by atoms with Crippen molar-refractivity contribution in [3.63, 3.8) is 0 Å². The standard InChI is InChI=1S/C18H16O3S/c1-4-16-6-5-7-18(13-16)21-22(19,20)11-10-17-9-8-14(2)12-15(17)3/h1,5-13H,2-3H3/b11-10+. The van der Waals surface area contributed by atoms with E-state index in [0.717, 1.165) is 22.1 Å². The van der Waals surface area contributed by atoms with Crippen LogP contribution in [0.3, 0.4) is 0 Å². The molecule has 0 spiro atoms. The molecule has 0 saturated carbocycles. The van der Waals surface area contributed by atoms with Crippen LogP contribution in [0.1, 0.15) is 22.3 Å². The van der Waals surface area contributed by atoms with Gasteiger partial charge in [-0.2, -0.15) is 8.42 Å². The van der Waals surface area contributed by atoms with Crippen molar-refractivity contribution in [1.29, 1.82) is 0 Å². The van der Waals surface area contributed by atoms with E-state index in [-0.39, 0.29) is 5.75 Å². The molecule has 0 fully saturated rings. The average Bonchev–Trinajstić information content (AvgIpc) is 2.46. The van der Waals surface area contributed by atoms with Gasteiger partial charge < -0.3 is 4.18 Å². The van der Waals surface area contributed by atoms with Gasteiger partial charge in [-0.1, -0.05) is 35.7 Å². The summed E-state index contributed by atoms with van der Waals surface area (Å²) in [6.45, 7) is 3.91. The minimum absolute atomic E-state index is 0.195. The lowest BCUT2D eigenvalue weighted by molar-refractivity contribution is 0.497. The molecule has 2 rings (SSSR count). The smallest absolute Gasteiger partial charge is 0.332 e. The Morgan fingerprint density at radius 1 is 1.14 bits per heavy atom. The number of aryl methyl sites for hydroxylation is 2. The fourth-order valence-electron chi connectivity index (χ4n) is 1.97. The number of benzene rings is 2. The van der Waals surface area contributed by atoms with Crippen molar-refractivity contribution in [2.24, 2.45) is 0 Å². The summed E-state index contributed by atoms with van der Waals surface area (Å²) < 4.78 is 29.0. The third-order valence-electron chi connectivity index (χ3n) is 3.05. The topological polar surface area (TPSA) is 43.4 Å². The van der Waals surface area contributed by atoms with Gasteiger partial charge in [0.05, 0.1) is 5.41 Å². The van der Waals surface area contributed by atoms with Gasteiger partial charge in [-0.3, -0.25) is 0 Å². The molecule has 0 aliphatic carbocycles. The maximum Gasteiger partial charge on any atom is 0.332 e. The highest BCUT2D eigenvalue weighted by molar-refractivity contribution is 7.90. The van der Waals surface area contributed by atoms with Crippen LogP contribution in [0.15, 0.2) is 47.9 Å². The number of rotatable bonds is 4. The van der Waals surface area contributed by atoms with Crippen LogP contribution in [-0.2, 0) is 10.1 Å². The number of hydrogen-bond donors (Lipinski definition) is 0. The molecule has 22 heavy (non-hydrogen) atoms. The van der Waals surface area contributed by atoms with Gasteiger partial charge in [0.2, 0.25) is 0 Å². The molecule has 0 aromatic heterocycles. The highest BCUT2D eigenvalue weighted by Crippen LogP contribution is 2.17. The van der Waals surface area contributed by atoms with Gasteiger partial charge in [-0.15, -0.1) is 6.42 Å². The van der Waals surface area contributed by atoms with E-state index in [1.165, 1.54) is 12.1 Å². The zero-order valence-electron chi connectivity index (χ0n) is 12.4. The highest BCUT2D eigenvalue weighted by Gasteiger charge is 2.08. The van der Waals surface area contributed by atoms with Gasteiger partial charge in [0.1, 0.15) is 5.75 Å². The average molecular weight is 312 g/mol. The number of terminal acetylenes is 1. The Morgan fingerprint density at radius 2 is 1.91 bits per heavy atom. The number of hydrogen-bond acceptors (Lipinski definition) is 3. The quantitative estimate of drug-likeness (QED) is 0.639. The van der Waals surface area contributed by atoms with Gasteiger partial charge in [-0.25, -0.2) is 0 Å². The molecule has 0 aliphatic rings. The molecule has 0 heterocycles. The van der Waals surface area contributed by atoms with E-state index < -0.39 is 10.1 Å². The summed E-state index contributed by atoms with van der Waals surface area (Å²) >= 11 is 0. The molecule has 0 amide bonds. The summed E-state index contributed by atoms with van der Waals surface area (Å²) in [5, 5.41) is 1.05. The third-order valence-corrected chi connectivity index (χ3v) is 3.95. The van der Waals surface area contributed by atoms with Gasteiger partial charge in [-0.05, 0) is 49.2 Å². The van der Waals surface area contributed by atoms with Crippen LogP contribution < -0.4 is 4.18 Å². The Morgan fingerprint density at radius 3 is 2.59 bits per heavy atom. The molecular formula is C18H16O3S. The lowest BCUT2D eigenvalue weighted by Crippen LogP contribution is -2.05. The molecule has 0 aliphatic heterocycles. The van der Waals surface area contributed by atoms with Crippen LogP contribution in [0.4, 0.5) is 0 Å². The van der Waals surface area contributed by atoms with Gasteiger partial charge in [0.15, 0.2) is 0 Å². The first-order valence-corrected chi connectivity index (χ1v) is 8.13. The van der Waals surface area contributed by atoms with Crippen molar-refractivity contribution in [2.75, 3.05) is 0 Å². The summed E-state index contributed by atoms with van der Waals surface area (Å²) in [7, 11) is -3.83. The van der Waals surface area contributed by atoms with Crippen LogP contribution in [0.5, 0.6) is 5.75 Å². The molecule has 0 N–H and O–H groups in total. The molecule has 2 aromatic carbocycles. The van der Waals surface area contributed by atoms with Crippen molar-refractivity contribution in [3.8, 4) is 18.1 Å². The molecule has 112 valence electrons. The predicted octanol–water partition coefficient (Wildman–Crippen LogP) is 3.66. The molecule has 0 bridgehead atoms. The fraction of sp³-hybridized carbons (Fsp3) is 0.111.